The Morgan fingerprint density at radius 2 is 2.00 bits per heavy atom. The van der Waals surface area contributed by atoms with Crippen LogP contribution in [0.5, 0.6) is 0 Å². The number of piperazine rings is 1. The molecule has 6 heteroatoms. The van der Waals surface area contributed by atoms with E-state index in [0.717, 1.165) is 18.9 Å². The molecule has 2 fully saturated rings. The van der Waals surface area contributed by atoms with Crippen molar-refractivity contribution in [1.29, 1.82) is 0 Å². The number of para-hydroxylation sites is 1. The number of aromatic nitrogens is 4. The summed E-state index contributed by atoms with van der Waals surface area (Å²) in [6.45, 7) is 8.96. The minimum atomic E-state index is 0.0627. The van der Waals surface area contributed by atoms with Crippen LogP contribution in [0.3, 0.4) is 0 Å². The van der Waals surface area contributed by atoms with E-state index in [0.29, 0.717) is 17.7 Å². The lowest BCUT2D eigenvalue weighted by atomic mass is 9.90. The zero-order valence-corrected chi connectivity index (χ0v) is 14.8. The molecule has 0 unspecified atom stereocenters. The average molecular weight is 334 g/mol. The van der Waals surface area contributed by atoms with Gasteiger partial charge in [0.2, 0.25) is 0 Å². The molecule has 0 radical (unpaired) electrons. The molecule has 2 bridgehead atoms. The van der Waals surface area contributed by atoms with Gasteiger partial charge in [-0.25, -0.2) is 4.98 Å². The number of hydrogen-bond donors (Lipinski definition) is 0. The Balaban J connectivity index is 1.56. The van der Waals surface area contributed by atoms with Crippen LogP contribution in [0.1, 0.15) is 19.4 Å². The van der Waals surface area contributed by atoms with Gasteiger partial charge in [-0.05, 0) is 31.5 Å². The van der Waals surface area contributed by atoms with E-state index in [1.54, 1.807) is 6.33 Å². The van der Waals surface area contributed by atoms with Crippen LogP contribution in [0.25, 0.3) is 5.78 Å². The second-order valence-corrected chi connectivity index (χ2v) is 7.51. The maximum Gasteiger partial charge on any atom is 0.254 e. The van der Waals surface area contributed by atoms with Gasteiger partial charge in [0.05, 0.1) is 11.6 Å². The molecule has 25 heavy (non-hydrogen) atoms. The molecule has 2 aromatic heterocycles. The highest BCUT2D eigenvalue weighted by atomic mass is 15.5. The number of fused-ring (bicyclic) bond motifs is 3. The first-order valence-electron chi connectivity index (χ1n) is 8.84. The van der Waals surface area contributed by atoms with Crippen molar-refractivity contribution in [3.8, 4) is 0 Å². The van der Waals surface area contributed by atoms with Crippen LogP contribution in [-0.2, 0) is 0 Å². The summed E-state index contributed by atoms with van der Waals surface area (Å²) in [6.07, 6.45) is 3.41. The fourth-order valence-electron chi connectivity index (χ4n) is 4.71. The van der Waals surface area contributed by atoms with Crippen molar-refractivity contribution < 1.29 is 0 Å². The summed E-state index contributed by atoms with van der Waals surface area (Å²) in [5.74, 6) is 2.31. The lowest BCUT2D eigenvalue weighted by Crippen LogP contribution is -2.54. The van der Waals surface area contributed by atoms with Gasteiger partial charge in [0.25, 0.3) is 5.78 Å². The highest BCUT2D eigenvalue weighted by Gasteiger charge is 2.58. The maximum absolute atomic E-state index is 4.38. The Morgan fingerprint density at radius 3 is 2.76 bits per heavy atom. The van der Waals surface area contributed by atoms with E-state index in [1.165, 1.54) is 11.3 Å². The molecule has 4 heterocycles. The van der Waals surface area contributed by atoms with E-state index in [9.17, 15) is 0 Å². The lowest BCUT2D eigenvalue weighted by molar-refractivity contribution is 0.417. The van der Waals surface area contributed by atoms with Gasteiger partial charge in [0.15, 0.2) is 0 Å². The van der Waals surface area contributed by atoms with Gasteiger partial charge in [-0.3, -0.25) is 0 Å². The van der Waals surface area contributed by atoms with Gasteiger partial charge in [0, 0.05) is 30.9 Å². The van der Waals surface area contributed by atoms with Gasteiger partial charge in [-0.2, -0.15) is 14.6 Å². The third-order valence-electron chi connectivity index (χ3n) is 6.30. The van der Waals surface area contributed by atoms with E-state index < -0.39 is 0 Å². The molecule has 2 aliphatic heterocycles. The Kier molecular flexibility index (Phi) is 2.90. The Morgan fingerprint density at radius 1 is 1.16 bits per heavy atom. The van der Waals surface area contributed by atoms with Gasteiger partial charge >= 0.3 is 0 Å². The molecule has 0 aliphatic carbocycles. The molecule has 0 saturated carbocycles. The van der Waals surface area contributed by atoms with Crippen molar-refractivity contribution in [2.75, 3.05) is 22.9 Å². The zero-order valence-electron chi connectivity index (χ0n) is 14.8. The van der Waals surface area contributed by atoms with Crippen LogP contribution < -0.4 is 9.80 Å². The number of rotatable bonds is 2. The average Bonchev–Trinajstić information content (AvgIpc) is 3.25. The highest BCUT2D eigenvalue weighted by Crippen LogP contribution is 2.48. The van der Waals surface area contributed by atoms with Crippen LogP contribution in [0.2, 0.25) is 0 Å². The van der Waals surface area contributed by atoms with E-state index in [4.69, 9.17) is 0 Å². The quantitative estimate of drug-likeness (QED) is 0.721. The predicted octanol–water partition coefficient (Wildman–Crippen LogP) is 2.54. The van der Waals surface area contributed by atoms with E-state index >= 15 is 0 Å². The highest BCUT2D eigenvalue weighted by molar-refractivity contribution is 5.61. The molecule has 6 nitrogen and oxygen atoms in total. The molecule has 0 amide bonds. The van der Waals surface area contributed by atoms with E-state index in [1.807, 2.05) is 10.7 Å². The molecule has 0 spiro atoms. The summed E-state index contributed by atoms with van der Waals surface area (Å²) in [4.78, 5) is 13.6. The first-order valence-corrected chi connectivity index (χ1v) is 8.84. The number of aryl methyl sites for hydroxylation is 1. The topological polar surface area (TPSA) is 49.6 Å². The maximum atomic E-state index is 4.38. The van der Waals surface area contributed by atoms with Gasteiger partial charge < -0.3 is 9.80 Å². The van der Waals surface area contributed by atoms with E-state index in [2.05, 4.69) is 76.0 Å². The van der Waals surface area contributed by atoms with Crippen LogP contribution >= 0.6 is 0 Å². The second-order valence-electron chi connectivity index (χ2n) is 7.51. The summed E-state index contributed by atoms with van der Waals surface area (Å²) < 4.78 is 1.86. The minimum absolute atomic E-state index is 0.0627. The third kappa shape index (κ3) is 1.88. The van der Waals surface area contributed by atoms with Gasteiger partial charge in [-0.15, -0.1) is 0 Å². The zero-order chi connectivity index (χ0) is 17.2. The molecule has 128 valence electrons. The Hall–Kier alpha value is -2.63. The largest absolute Gasteiger partial charge is 0.364 e. The van der Waals surface area contributed by atoms with Crippen molar-refractivity contribution in [2.24, 2.45) is 5.92 Å². The SMILES string of the molecule is Cc1ccccc1N1C[C@]2(C)[C@@H](C)[C@H]1CN2c1ccnc2ncnn12. The predicted molar refractivity (Wildman–Crippen MR) is 98.0 cm³/mol. The summed E-state index contributed by atoms with van der Waals surface area (Å²) in [6, 6.07) is 11.3. The standard InChI is InChI=1S/C19H22N6/c1-13-6-4-5-7-15(13)23-11-19(3)14(2)16(23)10-24(19)17-8-9-20-18-21-12-22-25(17)18/h4-9,12,14,16H,10-11H2,1-3H3/t14-,16+,19+/m0/s1. The van der Waals surface area contributed by atoms with Crippen LogP contribution in [-0.4, -0.2) is 44.3 Å². The number of hydrogen-bond acceptors (Lipinski definition) is 5. The van der Waals surface area contributed by atoms with Gasteiger partial charge in [0.1, 0.15) is 12.1 Å². The van der Waals surface area contributed by atoms with Crippen LogP contribution in [0, 0.1) is 12.8 Å². The smallest absolute Gasteiger partial charge is 0.254 e. The monoisotopic (exact) mass is 334 g/mol. The Bertz CT molecular complexity index is 950. The fraction of sp³-hybridized carbons (Fsp3) is 0.421. The molecule has 3 atom stereocenters. The summed E-state index contributed by atoms with van der Waals surface area (Å²) in [5.41, 5.74) is 2.77. The fourth-order valence-corrected chi connectivity index (χ4v) is 4.71. The number of nitrogens with zero attached hydrogens (tertiary/aromatic N) is 6. The molecular formula is C19H22N6. The van der Waals surface area contributed by atoms with Crippen molar-refractivity contribution in [3.63, 3.8) is 0 Å². The van der Waals surface area contributed by atoms with Crippen LogP contribution in [0.4, 0.5) is 11.5 Å². The first kappa shape index (κ1) is 14.7. The summed E-state index contributed by atoms with van der Waals surface area (Å²) in [5, 5.41) is 4.38. The van der Waals surface area contributed by atoms with Crippen molar-refractivity contribution in [3.05, 3.63) is 48.4 Å². The van der Waals surface area contributed by atoms with Crippen molar-refractivity contribution in [2.45, 2.75) is 32.4 Å². The van der Waals surface area contributed by atoms with Crippen LogP contribution in [0.15, 0.2) is 42.9 Å². The van der Waals surface area contributed by atoms with E-state index in [-0.39, 0.29) is 5.54 Å². The molecule has 3 aromatic rings. The lowest BCUT2D eigenvalue weighted by Gasteiger charge is -2.42. The molecule has 2 aliphatic rings. The number of benzene rings is 1. The molecular weight excluding hydrogens is 312 g/mol. The molecule has 0 N–H and O–H groups in total. The molecule has 1 aromatic carbocycles. The normalized spacial score (nSPS) is 28.3. The minimum Gasteiger partial charge on any atom is -0.364 e. The summed E-state index contributed by atoms with van der Waals surface area (Å²) >= 11 is 0. The molecule has 2 saturated heterocycles. The first-order chi connectivity index (χ1) is 12.1. The van der Waals surface area contributed by atoms with Gasteiger partial charge in [-0.1, -0.05) is 25.1 Å². The number of anilines is 2. The molecule has 5 rings (SSSR count). The van der Waals surface area contributed by atoms with Crippen molar-refractivity contribution >= 4 is 17.3 Å². The second kappa shape index (κ2) is 4.94. The Labute approximate surface area is 147 Å². The van der Waals surface area contributed by atoms with Crippen molar-refractivity contribution in [1.82, 2.24) is 19.6 Å². The third-order valence-corrected chi connectivity index (χ3v) is 6.30. The summed E-state index contributed by atoms with van der Waals surface area (Å²) in [7, 11) is 0.